The van der Waals surface area contributed by atoms with Crippen molar-refractivity contribution in [3.63, 3.8) is 0 Å². The Labute approximate surface area is 171 Å². The highest BCUT2D eigenvalue weighted by molar-refractivity contribution is 6.33. The lowest BCUT2D eigenvalue weighted by atomic mass is 9.82. The van der Waals surface area contributed by atoms with Gasteiger partial charge in [-0.25, -0.2) is 9.59 Å². The van der Waals surface area contributed by atoms with Crippen LogP contribution in [-0.2, 0) is 14.3 Å². The molecule has 0 bridgehead atoms. The fraction of sp³-hybridized carbons (Fsp3) is 0.444. The SMILES string of the molecule is COc1cc(N)c(Cl)cc1C(=O)OCC(=O)NN1C(=O)NC2(CCCCC2)C1=O. The van der Waals surface area contributed by atoms with Gasteiger partial charge >= 0.3 is 12.0 Å². The molecule has 2 aliphatic rings. The molecule has 29 heavy (non-hydrogen) atoms. The Hall–Kier alpha value is -3.01. The molecule has 3 rings (SSSR count). The summed E-state index contributed by atoms with van der Waals surface area (Å²) in [5.74, 6) is -2.09. The fourth-order valence-corrected chi connectivity index (χ4v) is 3.64. The van der Waals surface area contributed by atoms with E-state index in [1.165, 1.54) is 19.2 Å². The number of methoxy groups -OCH3 is 1. The summed E-state index contributed by atoms with van der Waals surface area (Å²) < 4.78 is 10.0. The van der Waals surface area contributed by atoms with Crippen LogP contribution in [0.5, 0.6) is 5.75 Å². The zero-order valence-corrected chi connectivity index (χ0v) is 16.5. The lowest BCUT2D eigenvalue weighted by Crippen LogP contribution is -2.51. The molecule has 11 heteroatoms. The number of carbonyl (C=O) groups is 4. The van der Waals surface area contributed by atoms with Gasteiger partial charge < -0.3 is 20.5 Å². The van der Waals surface area contributed by atoms with Crippen LogP contribution in [0.3, 0.4) is 0 Å². The van der Waals surface area contributed by atoms with Crippen LogP contribution in [0.1, 0.15) is 42.5 Å². The number of esters is 1. The van der Waals surface area contributed by atoms with Gasteiger partial charge in [0.15, 0.2) is 6.61 Å². The molecule has 1 aromatic carbocycles. The fourth-order valence-electron chi connectivity index (χ4n) is 3.48. The molecule has 4 N–H and O–H groups in total. The van der Waals surface area contributed by atoms with Crippen molar-refractivity contribution < 1.29 is 28.7 Å². The maximum absolute atomic E-state index is 12.6. The first-order valence-electron chi connectivity index (χ1n) is 9.04. The largest absolute Gasteiger partial charge is 0.496 e. The third-order valence-electron chi connectivity index (χ3n) is 4.98. The van der Waals surface area contributed by atoms with Crippen LogP contribution < -0.4 is 21.2 Å². The topological polar surface area (TPSA) is 140 Å². The molecule has 1 aliphatic carbocycles. The van der Waals surface area contributed by atoms with E-state index < -0.39 is 36.0 Å². The number of nitrogens with two attached hydrogens (primary N) is 1. The number of hydrogen-bond donors (Lipinski definition) is 3. The van der Waals surface area contributed by atoms with Crippen LogP contribution in [0.15, 0.2) is 12.1 Å². The first-order chi connectivity index (χ1) is 13.8. The second kappa shape index (κ2) is 8.16. The van der Waals surface area contributed by atoms with Crippen molar-refractivity contribution in [2.45, 2.75) is 37.6 Å². The zero-order valence-electron chi connectivity index (χ0n) is 15.7. The van der Waals surface area contributed by atoms with Gasteiger partial charge in [0.2, 0.25) is 0 Å². The molecule has 1 heterocycles. The normalized spacial score (nSPS) is 17.8. The van der Waals surface area contributed by atoms with Gasteiger partial charge in [-0.2, -0.15) is 5.01 Å². The van der Waals surface area contributed by atoms with Crippen LogP contribution in [0.25, 0.3) is 0 Å². The molecule has 0 aromatic heterocycles. The molecule has 1 aliphatic heterocycles. The highest BCUT2D eigenvalue weighted by atomic mass is 35.5. The monoisotopic (exact) mass is 424 g/mol. The molecular formula is C18H21ClN4O6. The number of halogens is 1. The Balaban J connectivity index is 1.60. The number of imide groups is 1. The van der Waals surface area contributed by atoms with E-state index in [9.17, 15) is 19.2 Å². The first kappa shape index (κ1) is 20.7. The summed E-state index contributed by atoms with van der Waals surface area (Å²) in [6, 6.07) is 1.92. The number of benzene rings is 1. The minimum atomic E-state index is -0.965. The van der Waals surface area contributed by atoms with Crippen LogP contribution >= 0.6 is 11.6 Å². The van der Waals surface area contributed by atoms with Gasteiger partial charge in [-0.15, -0.1) is 0 Å². The van der Waals surface area contributed by atoms with E-state index in [0.29, 0.717) is 17.9 Å². The minimum absolute atomic E-state index is 0.0179. The highest BCUT2D eigenvalue weighted by Gasteiger charge is 2.52. The van der Waals surface area contributed by atoms with Crippen molar-refractivity contribution in [3.05, 3.63) is 22.7 Å². The number of carbonyl (C=O) groups excluding carboxylic acids is 4. The molecule has 1 saturated carbocycles. The summed E-state index contributed by atoms with van der Waals surface area (Å²) in [7, 11) is 1.34. The zero-order chi connectivity index (χ0) is 21.2. The van der Waals surface area contributed by atoms with Gasteiger partial charge in [-0.05, 0) is 18.9 Å². The third-order valence-corrected chi connectivity index (χ3v) is 5.31. The van der Waals surface area contributed by atoms with Crippen LogP contribution in [0, 0.1) is 0 Å². The Morgan fingerprint density at radius 2 is 1.97 bits per heavy atom. The molecule has 1 aromatic rings. The van der Waals surface area contributed by atoms with Gasteiger partial charge in [0, 0.05) is 6.07 Å². The number of hydrazine groups is 1. The van der Waals surface area contributed by atoms with Gasteiger partial charge in [-0.3, -0.25) is 15.0 Å². The maximum atomic E-state index is 12.6. The number of amides is 4. The van der Waals surface area contributed by atoms with Crippen molar-refractivity contribution in [1.29, 1.82) is 0 Å². The van der Waals surface area contributed by atoms with Crippen molar-refractivity contribution in [2.24, 2.45) is 0 Å². The predicted octanol–water partition coefficient (Wildman–Crippen LogP) is 1.37. The summed E-state index contributed by atoms with van der Waals surface area (Å²) in [5, 5.41) is 3.43. The molecule has 156 valence electrons. The van der Waals surface area contributed by atoms with Crippen molar-refractivity contribution >= 4 is 41.1 Å². The second-order valence-corrected chi connectivity index (χ2v) is 7.31. The van der Waals surface area contributed by atoms with Crippen molar-refractivity contribution in [2.75, 3.05) is 19.5 Å². The minimum Gasteiger partial charge on any atom is -0.496 e. The Morgan fingerprint density at radius 3 is 2.62 bits per heavy atom. The van der Waals surface area contributed by atoms with Crippen LogP contribution in [0.4, 0.5) is 10.5 Å². The summed E-state index contributed by atoms with van der Waals surface area (Å²) in [5.41, 5.74) is 7.08. The Bertz CT molecular complexity index is 868. The van der Waals surface area contributed by atoms with E-state index in [4.69, 9.17) is 26.8 Å². The quantitative estimate of drug-likeness (QED) is 0.368. The van der Waals surface area contributed by atoms with Gasteiger partial charge in [0.05, 0.1) is 17.8 Å². The number of ether oxygens (including phenoxy) is 2. The highest BCUT2D eigenvalue weighted by Crippen LogP contribution is 2.33. The molecule has 4 amide bonds. The van der Waals surface area contributed by atoms with Crippen molar-refractivity contribution in [1.82, 2.24) is 15.8 Å². The first-order valence-corrected chi connectivity index (χ1v) is 9.41. The molecule has 0 atom stereocenters. The molecular weight excluding hydrogens is 404 g/mol. The van der Waals surface area contributed by atoms with Crippen LogP contribution in [0.2, 0.25) is 5.02 Å². The van der Waals surface area contributed by atoms with E-state index in [0.717, 1.165) is 19.3 Å². The number of anilines is 1. The van der Waals surface area contributed by atoms with Gasteiger partial charge in [0.25, 0.3) is 11.8 Å². The molecule has 0 radical (unpaired) electrons. The number of nitrogens with one attached hydrogen (secondary N) is 2. The lowest BCUT2D eigenvalue weighted by Gasteiger charge is -2.30. The smallest absolute Gasteiger partial charge is 0.344 e. The maximum Gasteiger partial charge on any atom is 0.344 e. The summed E-state index contributed by atoms with van der Waals surface area (Å²) in [6.45, 7) is -0.714. The van der Waals surface area contributed by atoms with E-state index >= 15 is 0 Å². The van der Waals surface area contributed by atoms with E-state index in [1.54, 1.807) is 0 Å². The average Bonchev–Trinajstić information content (AvgIpc) is 2.92. The van der Waals surface area contributed by atoms with E-state index in [1.807, 2.05) is 0 Å². The number of urea groups is 1. The second-order valence-electron chi connectivity index (χ2n) is 6.90. The number of nitrogens with zero attached hydrogens (tertiary/aromatic N) is 1. The summed E-state index contributed by atoms with van der Waals surface area (Å²) in [6.07, 6.45) is 3.67. The molecule has 1 spiro atoms. The number of hydrogen-bond acceptors (Lipinski definition) is 7. The molecule has 10 nitrogen and oxygen atoms in total. The van der Waals surface area contributed by atoms with Gasteiger partial charge in [0.1, 0.15) is 16.9 Å². The summed E-state index contributed by atoms with van der Waals surface area (Å²) >= 11 is 5.91. The van der Waals surface area contributed by atoms with Crippen molar-refractivity contribution in [3.8, 4) is 5.75 Å². The Morgan fingerprint density at radius 1 is 1.28 bits per heavy atom. The average molecular weight is 425 g/mol. The molecule has 0 unspecified atom stereocenters. The van der Waals surface area contributed by atoms with E-state index in [-0.39, 0.29) is 22.0 Å². The Kier molecular flexibility index (Phi) is 5.83. The van der Waals surface area contributed by atoms with Crippen LogP contribution in [-0.4, -0.2) is 48.1 Å². The van der Waals surface area contributed by atoms with Gasteiger partial charge in [-0.1, -0.05) is 30.9 Å². The lowest BCUT2D eigenvalue weighted by molar-refractivity contribution is -0.140. The third kappa shape index (κ3) is 4.07. The number of rotatable bonds is 5. The molecule has 2 fully saturated rings. The summed E-state index contributed by atoms with van der Waals surface area (Å²) in [4.78, 5) is 49.1. The predicted molar refractivity (Wildman–Crippen MR) is 102 cm³/mol. The molecule has 1 saturated heterocycles. The van der Waals surface area contributed by atoms with E-state index in [2.05, 4.69) is 10.7 Å². The number of nitrogen functional groups attached to an aromatic ring is 1. The standard InChI is InChI=1S/C18H21ClN4O6/c1-28-13-8-12(20)11(19)7-10(13)15(25)29-9-14(24)22-23-16(26)18(21-17(23)27)5-3-2-4-6-18/h7-8H,2-6,9,20H2,1H3,(H,21,27)(H,22,24).